The average Bonchev–Trinajstić information content (AvgIpc) is 1.37. The van der Waals surface area contributed by atoms with Crippen molar-refractivity contribution in [3.8, 4) is 0 Å². The Kier molecular flexibility index (Phi) is 2.86. The van der Waals surface area contributed by atoms with Gasteiger partial charge in [-0.25, -0.2) is 5.43 Å². The van der Waals surface area contributed by atoms with Crippen molar-refractivity contribution >= 4 is 0 Å². The van der Waals surface area contributed by atoms with Crippen LogP contribution in [0, 0.1) is 7.05 Å². The Morgan fingerprint density at radius 2 is 2.25 bits per heavy atom. The highest BCUT2D eigenvalue weighted by Gasteiger charge is 1.40. The Balaban J connectivity index is 1.97. The summed E-state index contributed by atoms with van der Waals surface area (Å²) in [4.78, 5) is 0. The van der Waals surface area contributed by atoms with Crippen molar-refractivity contribution in [2.75, 3.05) is 7.05 Å². The van der Waals surface area contributed by atoms with Gasteiger partial charge in [0.05, 0.1) is 0 Å². The van der Waals surface area contributed by atoms with E-state index in [1.807, 2.05) is 7.05 Å². The maximum absolute atomic E-state index is 3.37. The zero-order chi connectivity index (χ0) is 3.41. The van der Waals surface area contributed by atoms with E-state index in [2.05, 4.69) is 12.5 Å². The Morgan fingerprint density at radius 1 is 2.00 bits per heavy atom. The van der Waals surface area contributed by atoms with Crippen molar-refractivity contribution in [3.05, 3.63) is 7.05 Å². The lowest BCUT2D eigenvalue weighted by Crippen LogP contribution is -2.86. The molecule has 0 fully saturated rings. The molecule has 0 aliphatic carbocycles. The van der Waals surface area contributed by atoms with E-state index in [1.165, 1.54) is 0 Å². The van der Waals surface area contributed by atoms with E-state index in [0.29, 0.717) is 0 Å². The first-order chi connectivity index (χ1) is 1.91. The van der Waals surface area contributed by atoms with Gasteiger partial charge in [-0.3, -0.25) is 0 Å². The Labute approximate surface area is 26.2 Å². The van der Waals surface area contributed by atoms with E-state index in [-0.39, 0.29) is 0 Å². The molecule has 0 radical (unpaired) electrons. The third-order valence-electron chi connectivity index (χ3n) is 0.204. The van der Waals surface area contributed by atoms with Crippen LogP contribution in [0.3, 0.4) is 0 Å². The molecule has 0 aromatic rings. The maximum Gasteiger partial charge on any atom is 0.0306 e. The minimum absolute atomic E-state index is 1.62. The molecule has 0 rings (SSSR count). The van der Waals surface area contributed by atoms with Crippen LogP contribution in [0.5, 0.6) is 0 Å². The summed E-state index contributed by atoms with van der Waals surface area (Å²) in [7, 11) is 5.18. The molecule has 0 spiro atoms. The van der Waals surface area contributed by atoms with Gasteiger partial charge >= 0.3 is 0 Å². The van der Waals surface area contributed by atoms with E-state index in [9.17, 15) is 0 Å². The zero-order valence-electron chi connectivity index (χ0n) is 2.78. The van der Waals surface area contributed by atoms with Crippen LogP contribution < -0.4 is 10.9 Å². The van der Waals surface area contributed by atoms with E-state index in [1.54, 1.807) is 5.43 Å². The first-order valence-electron chi connectivity index (χ1n) is 1.20. The van der Waals surface area contributed by atoms with E-state index in [0.717, 1.165) is 0 Å². The molecule has 2 nitrogen and oxygen atoms in total. The van der Waals surface area contributed by atoms with Gasteiger partial charge in [0.1, 0.15) is 0 Å². The summed E-state index contributed by atoms with van der Waals surface area (Å²) >= 11 is 0. The molecule has 0 saturated carbocycles. The standard InChI is InChI=1S/C2H8N2/c1-3-4-2/h4H,1,3H2,2H3. The van der Waals surface area contributed by atoms with Gasteiger partial charge in [0.25, 0.3) is 0 Å². The smallest absolute Gasteiger partial charge is 0.0306 e. The lowest BCUT2D eigenvalue weighted by molar-refractivity contribution is -0.652. The lowest BCUT2D eigenvalue weighted by Gasteiger charge is -1.86. The molecule has 0 aliphatic rings. The van der Waals surface area contributed by atoms with Crippen LogP contribution >= 0.6 is 0 Å². The van der Waals surface area contributed by atoms with Crippen molar-refractivity contribution in [1.82, 2.24) is 5.43 Å². The van der Waals surface area contributed by atoms with Crippen LogP contribution in [0.25, 0.3) is 0 Å². The molecule has 0 amide bonds. The second-order valence-electron chi connectivity index (χ2n) is 0.493. The van der Waals surface area contributed by atoms with Crippen molar-refractivity contribution in [2.24, 2.45) is 0 Å². The Bertz CT molecular complexity index is 6.00. The molecule has 0 unspecified atom stereocenters. The number of hydrogen-bond donors (Lipinski definition) is 2. The van der Waals surface area contributed by atoms with Crippen molar-refractivity contribution in [2.45, 2.75) is 0 Å². The van der Waals surface area contributed by atoms with E-state index < -0.39 is 0 Å². The topological polar surface area (TPSA) is 28.6 Å². The SMILES string of the molecule is [CH2-][NH2+]NC. The van der Waals surface area contributed by atoms with Gasteiger partial charge in [0, 0.05) is 7.05 Å². The van der Waals surface area contributed by atoms with Crippen molar-refractivity contribution in [1.29, 1.82) is 0 Å². The summed E-state index contributed by atoms with van der Waals surface area (Å²) < 4.78 is 0. The predicted molar refractivity (Wildman–Crippen MR) is 16.3 cm³/mol. The second-order valence-corrected chi connectivity index (χ2v) is 0.493. The van der Waals surface area contributed by atoms with Crippen LogP contribution in [0.4, 0.5) is 0 Å². The molecule has 26 valence electrons. The third-order valence-corrected chi connectivity index (χ3v) is 0.204. The summed E-state index contributed by atoms with van der Waals surface area (Å²) in [5, 5.41) is 0. The molecular weight excluding hydrogens is 52.0 g/mol. The average molecular weight is 60.1 g/mol. The number of hydrogen-bond acceptors (Lipinski definition) is 1. The molecule has 0 atom stereocenters. The van der Waals surface area contributed by atoms with Gasteiger partial charge < -0.3 is 5.43 Å². The van der Waals surface area contributed by atoms with Gasteiger partial charge in [-0.2, -0.15) is 0 Å². The minimum Gasteiger partial charge on any atom is -0.399 e. The quantitative estimate of drug-likeness (QED) is 0.215. The fourth-order valence-corrected chi connectivity index (χ4v) is 0. The summed E-state index contributed by atoms with van der Waals surface area (Å²) in [6.45, 7) is 0. The molecule has 0 bridgehead atoms. The predicted octanol–water partition coefficient (Wildman–Crippen LogP) is -1.52. The monoisotopic (exact) mass is 60.1 g/mol. The lowest BCUT2D eigenvalue weighted by atomic mass is 11.4. The molecule has 0 saturated heterocycles. The van der Waals surface area contributed by atoms with Crippen LogP contribution in [0.2, 0.25) is 0 Å². The molecule has 0 aromatic carbocycles. The van der Waals surface area contributed by atoms with Crippen LogP contribution in [-0.4, -0.2) is 7.05 Å². The van der Waals surface area contributed by atoms with Gasteiger partial charge in [-0.15, -0.1) is 7.05 Å². The third kappa shape index (κ3) is 1.92. The van der Waals surface area contributed by atoms with Crippen molar-refractivity contribution < 1.29 is 5.43 Å². The molecular formula is C2H8N2. The van der Waals surface area contributed by atoms with Crippen LogP contribution in [-0.2, 0) is 0 Å². The Hall–Kier alpha value is -0.0800. The number of rotatable bonds is 1. The minimum atomic E-state index is 1.62. The number of nitrogens with two attached hydrogens (primary N) is 1. The fraction of sp³-hybridized carbons (Fsp3) is 0.500. The molecule has 0 aliphatic heterocycles. The normalized spacial score (nSPS) is 7.50. The highest BCUT2D eigenvalue weighted by Crippen LogP contribution is 0.870. The molecule has 0 aromatic heterocycles. The number of quaternary nitrogens is 1. The molecule has 2 heteroatoms. The van der Waals surface area contributed by atoms with Gasteiger partial charge in [0.15, 0.2) is 0 Å². The van der Waals surface area contributed by atoms with Gasteiger partial charge in [-0.05, 0) is 0 Å². The fourth-order valence-electron chi connectivity index (χ4n) is 0. The van der Waals surface area contributed by atoms with Gasteiger partial charge in [-0.1, -0.05) is 0 Å². The number of nitrogens with one attached hydrogen (secondary N) is 1. The first-order valence-corrected chi connectivity index (χ1v) is 1.20. The zero-order valence-corrected chi connectivity index (χ0v) is 2.78. The van der Waals surface area contributed by atoms with Gasteiger partial charge in [0.2, 0.25) is 0 Å². The van der Waals surface area contributed by atoms with Crippen LogP contribution in [0.15, 0.2) is 0 Å². The van der Waals surface area contributed by atoms with Crippen molar-refractivity contribution in [3.63, 3.8) is 0 Å². The summed E-state index contributed by atoms with van der Waals surface area (Å²) in [6, 6.07) is 0. The molecule has 4 heavy (non-hydrogen) atoms. The Morgan fingerprint density at radius 3 is 2.25 bits per heavy atom. The highest BCUT2D eigenvalue weighted by molar-refractivity contribution is 3.75. The van der Waals surface area contributed by atoms with Crippen LogP contribution in [0.1, 0.15) is 0 Å². The van der Waals surface area contributed by atoms with E-state index >= 15 is 0 Å². The summed E-state index contributed by atoms with van der Waals surface area (Å²) in [5.74, 6) is 0. The molecule has 0 heterocycles. The largest absolute Gasteiger partial charge is 0.399 e. The second kappa shape index (κ2) is 2.92. The maximum atomic E-state index is 3.37. The summed E-state index contributed by atoms with van der Waals surface area (Å²) in [6.07, 6.45) is 0. The first kappa shape index (κ1) is 3.92. The van der Waals surface area contributed by atoms with E-state index in [4.69, 9.17) is 0 Å². The summed E-state index contributed by atoms with van der Waals surface area (Å²) in [5.41, 5.74) is 4.32. The molecule has 3 N–H and O–H groups in total. The highest BCUT2D eigenvalue weighted by atomic mass is 15.3.